The predicted molar refractivity (Wildman–Crippen MR) is 93.1 cm³/mol. The monoisotopic (exact) mass is 331 g/mol. The number of unbranched alkanes of at least 4 members (excludes halogenated alkanes) is 4. The van der Waals surface area contributed by atoms with Crippen molar-refractivity contribution in [1.29, 1.82) is 0 Å². The molecule has 0 aliphatic heterocycles. The standard InChI is InChI=1S/C19H25NO4/c1-4-5-6-7-8-11-20-13-12-14(21)17-15(23-2)9-10-16(24-3)18(17)19(13)22/h9-10,12,20H,4-8,11H2,1-3H3. The highest BCUT2D eigenvalue weighted by atomic mass is 16.5. The Morgan fingerprint density at radius 2 is 1.54 bits per heavy atom. The average Bonchev–Trinajstić information content (AvgIpc) is 2.60. The van der Waals surface area contributed by atoms with Crippen LogP contribution in [0.4, 0.5) is 0 Å². The Labute approximate surface area is 143 Å². The first kappa shape index (κ1) is 18.0. The number of hydrogen-bond acceptors (Lipinski definition) is 5. The highest BCUT2D eigenvalue weighted by molar-refractivity contribution is 6.26. The molecule has 130 valence electrons. The second-order valence-corrected chi connectivity index (χ2v) is 5.81. The molecule has 0 aromatic heterocycles. The fraction of sp³-hybridized carbons (Fsp3) is 0.474. The Hall–Kier alpha value is -2.30. The summed E-state index contributed by atoms with van der Waals surface area (Å²) >= 11 is 0. The maximum absolute atomic E-state index is 12.8. The molecule has 1 N–H and O–H groups in total. The number of ether oxygens (including phenoxy) is 2. The van der Waals surface area contributed by atoms with Crippen LogP contribution in [0.2, 0.25) is 0 Å². The van der Waals surface area contributed by atoms with Crippen molar-refractivity contribution in [1.82, 2.24) is 5.32 Å². The van der Waals surface area contributed by atoms with Crippen LogP contribution in [0.5, 0.6) is 11.5 Å². The Bertz CT molecular complexity index is 649. The molecule has 1 aliphatic rings. The molecule has 1 aromatic rings. The molecule has 24 heavy (non-hydrogen) atoms. The van der Waals surface area contributed by atoms with Crippen molar-refractivity contribution in [2.24, 2.45) is 0 Å². The zero-order chi connectivity index (χ0) is 17.5. The molecule has 0 unspecified atom stereocenters. The lowest BCUT2D eigenvalue weighted by Gasteiger charge is -2.20. The number of fused-ring (bicyclic) bond motifs is 1. The lowest BCUT2D eigenvalue weighted by molar-refractivity contribution is 0.0973. The van der Waals surface area contributed by atoms with E-state index in [9.17, 15) is 9.59 Å². The average molecular weight is 331 g/mol. The lowest BCUT2D eigenvalue weighted by Crippen LogP contribution is -2.28. The molecule has 0 amide bonds. The van der Waals surface area contributed by atoms with E-state index < -0.39 is 0 Å². The number of benzene rings is 1. The minimum absolute atomic E-state index is 0.228. The van der Waals surface area contributed by atoms with Crippen molar-refractivity contribution >= 4 is 11.6 Å². The molecule has 0 spiro atoms. The van der Waals surface area contributed by atoms with Crippen LogP contribution in [0.15, 0.2) is 23.9 Å². The van der Waals surface area contributed by atoms with Crippen molar-refractivity contribution in [3.05, 3.63) is 35.0 Å². The van der Waals surface area contributed by atoms with Gasteiger partial charge in [-0.1, -0.05) is 32.6 Å². The molecule has 5 heteroatoms. The summed E-state index contributed by atoms with van der Waals surface area (Å²) in [7, 11) is 2.96. The molecule has 2 rings (SSSR count). The third-order valence-corrected chi connectivity index (χ3v) is 4.16. The van der Waals surface area contributed by atoms with E-state index in [1.54, 1.807) is 12.1 Å². The van der Waals surface area contributed by atoms with Gasteiger partial charge in [-0.15, -0.1) is 0 Å². The molecule has 0 atom stereocenters. The largest absolute Gasteiger partial charge is 0.496 e. The SMILES string of the molecule is CCCCCCCNC1=CC(=O)c2c(OC)ccc(OC)c2C1=O. The van der Waals surface area contributed by atoms with Gasteiger partial charge < -0.3 is 14.8 Å². The van der Waals surface area contributed by atoms with Gasteiger partial charge in [0.15, 0.2) is 5.78 Å². The van der Waals surface area contributed by atoms with Crippen LogP contribution < -0.4 is 14.8 Å². The first-order chi connectivity index (χ1) is 11.6. The predicted octanol–water partition coefficient (Wildman–Crippen LogP) is 3.53. The van der Waals surface area contributed by atoms with Crippen molar-refractivity contribution in [2.45, 2.75) is 39.0 Å². The molecule has 1 aromatic carbocycles. The maximum Gasteiger partial charge on any atom is 0.213 e. The van der Waals surface area contributed by atoms with Crippen molar-refractivity contribution in [2.75, 3.05) is 20.8 Å². The van der Waals surface area contributed by atoms with Gasteiger partial charge in [-0.2, -0.15) is 0 Å². The van der Waals surface area contributed by atoms with Gasteiger partial charge in [-0.05, 0) is 18.6 Å². The summed E-state index contributed by atoms with van der Waals surface area (Å²) in [6.07, 6.45) is 7.07. The number of methoxy groups -OCH3 is 2. The van der Waals surface area contributed by atoms with Crippen molar-refractivity contribution in [3.63, 3.8) is 0 Å². The molecular weight excluding hydrogens is 306 g/mol. The molecule has 0 saturated carbocycles. The fourth-order valence-electron chi connectivity index (χ4n) is 2.86. The van der Waals surface area contributed by atoms with E-state index in [-0.39, 0.29) is 22.7 Å². The van der Waals surface area contributed by atoms with E-state index in [4.69, 9.17) is 9.47 Å². The van der Waals surface area contributed by atoms with Gasteiger partial charge in [0.05, 0.1) is 31.0 Å². The zero-order valence-corrected chi connectivity index (χ0v) is 14.6. The second kappa shape index (κ2) is 8.52. The first-order valence-electron chi connectivity index (χ1n) is 8.43. The molecule has 0 heterocycles. The van der Waals surface area contributed by atoms with E-state index in [0.29, 0.717) is 23.7 Å². The molecular formula is C19H25NO4. The number of ketones is 2. The highest BCUT2D eigenvalue weighted by Gasteiger charge is 2.31. The minimum Gasteiger partial charge on any atom is -0.496 e. The summed E-state index contributed by atoms with van der Waals surface area (Å²) in [4.78, 5) is 25.2. The summed E-state index contributed by atoms with van der Waals surface area (Å²) in [5.74, 6) is 0.307. The number of allylic oxidation sites excluding steroid dienone is 2. The van der Waals surface area contributed by atoms with E-state index in [1.807, 2.05) is 0 Å². The topological polar surface area (TPSA) is 64.6 Å². The Morgan fingerprint density at radius 3 is 2.17 bits per heavy atom. The van der Waals surface area contributed by atoms with E-state index in [1.165, 1.54) is 39.6 Å². The molecule has 0 saturated heterocycles. The van der Waals surface area contributed by atoms with Gasteiger partial charge in [-0.25, -0.2) is 0 Å². The van der Waals surface area contributed by atoms with Crippen LogP contribution >= 0.6 is 0 Å². The number of carbonyl (C=O) groups is 2. The Kier molecular flexibility index (Phi) is 6.41. The summed E-state index contributed by atoms with van der Waals surface area (Å²) in [5, 5.41) is 3.10. The summed E-state index contributed by atoms with van der Waals surface area (Å²) in [6.45, 7) is 2.85. The summed E-state index contributed by atoms with van der Waals surface area (Å²) < 4.78 is 10.5. The van der Waals surface area contributed by atoms with Crippen LogP contribution in [0.1, 0.15) is 59.7 Å². The van der Waals surface area contributed by atoms with E-state index in [0.717, 1.165) is 12.8 Å². The van der Waals surface area contributed by atoms with Crippen molar-refractivity contribution in [3.8, 4) is 11.5 Å². The number of rotatable bonds is 9. The van der Waals surface area contributed by atoms with Gasteiger partial charge in [-0.3, -0.25) is 9.59 Å². The Balaban J connectivity index is 2.14. The maximum atomic E-state index is 12.8. The summed E-state index contributed by atoms with van der Waals surface area (Å²) in [6, 6.07) is 3.29. The fourth-order valence-corrected chi connectivity index (χ4v) is 2.86. The second-order valence-electron chi connectivity index (χ2n) is 5.81. The number of carbonyl (C=O) groups excluding carboxylic acids is 2. The molecule has 1 aliphatic carbocycles. The van der Waals surface area contributed by atoms with Gasteiger partial charge in [0, 0.05) is 12.6 Å². The van der Waals surface area contributed by atoms with Crippen LogP contribution in [-0.4, -0.2) is 32.3 Å². The first-order valence-corrected chi connectivity index (χ1v) is 8.43. The van der Waals surface area contributed by atoms with Gasteiger partial charge >= 0.3 is 0 Å². The molecule has 0 radical (unpaired) electrons. The Morgan fingerprint density at radius 1 is 0.917 bits per heavy atom. The van der Waals surface area contributed by atoms with Crippen LogP contribution in [0.3, 0.4) is 0 Å². The number of hydrogen-bond donors (Lipinski definition) is 1. The van der Waals surface area contributed by atoms with Gasteiger partial charge in [0.2, 0.25) is 5.78 Å². The smallest absolute Gasteiger partial charge is 0.213 e. The van der Waals surface area contributed by atoms with Crippen LogP contribution in [-0.2, 0) is 0 Å². The zero-order valence-electron chi connectivity index (χ0n) is 14.6. The van der Waals surface area contributed by atoms with Gasteiger partial charge in [0.1, 0.15) is 11.5 Å². The van der Waals surface area contributed by atoms with E-state index >= 15 is 0 Å². The molecule has 0 bridgehead atoms. The highest BCUT2D eigenvalue weighted by Crippen LogP contribution is 2.35. The minimum atomic E-state index is -0.242. The lowest BCUT2D eigenvalue weighted by atomic mass is 9.90. The quantitative estimate of drug-likeness (QED) is 0.701. The van der Waals surface area contributed by atoms with Crippen molar-refractivity contribution < 1.29 is 19.1 Å². The number of Topliss-reactive ketones (excluding diaryl/α,β-unsaturated/α-hetero) is 1. The van der Waals surface area contributed by atoms with Crippen LogP contribution in [0.25, 0.3) is 0 Å². The normalized spacial score (nSPS) is 13.4. The number of nitrogens with one attached hydrogen (secondary N) is 1. The van der Waals surface area contributed by atoms with Gasteiger partial charge in [0.25, 0.3) is 0 Å². The third kappa shape index (κ3) is 3.78. The van der Waals surface area contributed by atoms with Crippen LogP contribution in [0, 0.1) is 0 Å². The third-order valence-electron chi connectivity index (χ3n) is 4.16. The molecule has 0 fully saturated rings. The summed E-state index contributed by atoms with van der Waals surface area (Å²) in [5.41, 5.74) is 0.878. The molecule has 5 nitrogen and oxygen atoms in total. The van der Waals surface area contributed by atoms with E-state index in [2.05, 4.69) is 12.2 Å².